The van der Waals surface area contributed by atoms with Gasteiger partial charge in [-0.25, -0.2) is 0 Å². The summed E-state index contributed by atoms with van der Waals surface area (Å²) in [5, 5.41) is 13.0. The number of amides is 3. The van der Waals surface area contributed by atoms with Crippen LogP contribution in [0.15, 0.2) is 128 Å². The molecule has 3 fully saturated rings. The number of aliphatic hydroxyl groups is 1. The molecule has 3 saturated heterocycles. The van der Waals surface area contributed by atoms with Crippen LogP contribution in [0.2, 0.25) is 0 Å². The van der Waals surface area contributed by atoms with E-state index in [0.717, 1.165) is 21.9 Å². The zero-order valence-electron chi connectivity index (χ0n) is 29.9. The number of aliphatic hydroxyl groups excluding tert-OH is 1. The Morgan fingerprint density at radius 1 is 0.904 bits per heavy atom. The van der Waals surface area contributed by atoms with Crippen molar-refractivity contribution in [3.63, 3.8) is 0 Å². The third-order valence-electron chi connectivity index (χ3n) is 11.7. The monoisotopic (exact) mass is 697 g/mol. The third kappa shape index (κ3) is 5.84. The average Bonchev–Trinajstić information content (AvgIpc) is 3.68. The van der Waals surface area contributed by atoms with Crippen LogP contribution >= 0.6 is 0 Å². The quantitative estimate of drug-likeness (QED) is 0.169. The van der Waals surface area contributed by atoms with Crippen molar-refractivity contribution in [1.82, 2.24) is 9.80 Å². The first kappa shape index (κ1) is 35.4. The molecule has 7 rings (SSSR count). The van der Waals surface area contributed by atoms with Gasteiger partial charge in [0.25, 0.3) is 5.91 Å². The van der Waals surface area contributed by atoms with Gasteiger partial charge in [0.15, 0.2) is 0 Å². The molecule has 0 aromatic heterocycles. The van der Waals surface area contributed by atoms with Gasteiger partial charge in [0.2, 0.25) is 11.8 Å². The number of hydrogen-bond donors (Lipinski definition) is 1. The van der Waals surface area contributed by atoms with E-state index in [1.807, 2.05) is 117 Å². The van der Waals surface area contributed by atoms with Gasteiger partial charge in [-0.05, 0) is 59.7 Å². The minimum Gasteiger partial charge on any atom is -0.394 e. The molecule has 7 atom stereocenters. The van der Waals surface area contributed by atoms with Crippen LogP contribution in [0, 0.1) is 17.8 Å². The van der Waals surface area contributed by atoms with E-state index in [-0.39, 0.29) is 43.3 Å². The lowest BCUT2D eigenvalue weighted by atomic mass is 9.62. The fourth-order valence-electron chi connectivity index (χ4n) is 9.20. The first-order valence-electron chi connectivity index (χ1n) is 18.2. The highest BCUT2D eigenvalue weighted by molar-refractivity contribution is 6.06. The summed E-state index contributed by atoms with van der Waals surface area (Å²) < 4.78 is 7.12. The molecule has 3 amide bonds. The molecule has 0 radical (unpaired) electrons. The fraction of sp³-hybridized carbons (Fsp3) is 0.341. The number of carbonyl (C=O) groups is 3. The van der Waals surface area contributed by atoms with Crippen LogP contribution in [-0.2, 0) is 32.1 Å². The molecule has 0 saturated carbocycles. The van der Waals surface area contributed by atoms with Crippen LogP contribution in [0.5, 0.6) is 0 Å². The summed E-state index contributed by atoms with van der Waals surface area (Å²) in [5.41, 5.74) is 0.249. The zero-order valence-corrected chi connectivity index (χ0v) is 29.9. The number of benzene rings is 4. The Morgan fingerprint density at radius 2 is 1.54 bits per heavy atom. The Labute approximate surface area is 306 Å². The van der Waals surface area contributed by atoms with E-state index in [1.165, 1.54) is 0 Å². The lowest BCUT2D eigenvalue weighted by molar-refractivity contribution is -0.154. The van der Waals surface area contributed by atoms with Gasteiger partial charge in [-0.1, -0.05) is 110 Å². The number of likely N-dealkylation sites (tertiary alicyclic amines) is 1. The highest BCUT2D eigenvalue weighted by Crippen LogP contribution is 2.66. The molecule has 3 heterocycles. The molecule has 2 bridgehead atoms. The molecule has 268 valence electrons. The van der Waals surface area contributed by atoms with Crippen molar-refractivity contribution < 1.29 is 24.2 Å². The van der Waals surface area contributed by atoms with Gasteiger partial charge in [-0.2, -0.15) is 0 Å². The van der Waals surface area contributed by atoms with Crippen molar-refractivity contribution in [3.05, 3.63) is 140 Å². The van der Waals surface area contributed by atoms with Gasteiger partial charge in [0, 0.05) is 25.3 Å². The maximum atomic E-state index is 15.4. The number of fused-ring (bicyclic) bond motifs is 2. The number of nitrogens with zero attached hydrogens (tertiary/aromatic N) is 3. The molecule has 1 spiro atoms. The Morgan fingerprint density at radius 3 is 2.19 bits per heavy atom. The van der Waals surface area contributed by atoms with Gasteiger partial charge in [-0.15, -0.1) is 13.2 Å². The van der Waals surface area contributed by atoms with Gasteiger partial charge >= 0.3 is 0 Å². The minimum absolute atomic E-state index is 0.140. The van der Waals surface area contributed by atoms with Crippen LogP contribution < -0.4 is 4.90 Å². The molecule has 1 N–H and O–H groups in total. The largest absolute Gasteiger partial charge is 0.394 e. The Kier molecular flexibility index (Phi) is 9.63. The summed E-state index contributed by atoms with van der Waals surface area (Å²) in [7, 11) is 0. The van der Waals surface area contributed by atoms with Crippen molar-refractivity contribution in [1.29, 1.82) is 0 Å². The highest BCUT2D eigenvalue weighted by atomic mass is 16.5. The molecule has 4 aromatic carbocycles. The molecular weight excluding hydrogens is 651 g/mol. The minimum atomic E-state index is -1.30. The predicted molar refractivity (Wildman–Crippen MR) is 203 cm³/mol. The van der Waals surface area contributed by atoms with E-state index < -0.39 is 35.1 Å². The van der Waals surface area contributed by atoms with Crippen molar-refractivity contribution in [2.24, 2.45) is 17.8 Å². The van der Waals surface area contributed by atoms with E-state index in [2.05, 4.69) is 13.2 Å². The molecule has 3 aliphatic heterocycles. The summed E-state index contributed by atoms with van der Waals surface area (Å²) in [6, 6.07) is 31.4. The Hall–Kier alpha value is -5.05. The predicted octanol–water partition coefficient (Wildman–Crippen LogP) is 6.19. The standard InChI is InChI=1S/C44H47N3O5/c1-5-23-45(28-32-17-11-8-12-18-32)40(49)37-38-41(50)47(36(29-48)25-31-15-9-7-10-16-31)39(44(38)27-30(3)43(37,4)52-44)42(51)46(24-6-2)35-22-21-33-19-13-14-20-34(33)26-35/h5-22,26,30,36-39,48H,1-2,23-25,27-29H2,3-4H3/t30?,36-,37+,38+,39?,43-,44?/m1/s1. The highest BCUT2D eigenvalue weighted by Gasteiger charge is 2.80. The molecule has 0 aliphatic carbocycles. The van der Waals surface area contributed by atoms with Crippen molar-refractivity contribution in [3.8, 4) is 0 Å². The normalized spacial score (nSPS) is 26.6. The molecule has 3 aliphatic rings. The number of carbonyl (C=O) groups excluding carboxylic acids is 3. The molecular formula is C44H47N3O5. The second kappa shape index (κ2) is 14.2. The van der Waals surface area contributed by atoms with E-state index in [1.54, 1.807) is 26.9 Å². The molecule has 52 heavy (non-hydrogen) atoms. The van der Waals surface area contributed by atoms with Crippen molar-refractivity contribution in [2.45, 2.75) is 56.5 Å². The second-order valence-electron chi connectivity index (χ2n) is 14.7. The van der Waals surface area contributed by atoms with E-state index in [4.69, 9.17) is 4.74 Å². The summed E-state index contributed by atoms with van der Waals surface area (Å²) in [6.07, 6.45) is 4.12. The average molecular weight is 698 g/mol. The number of anilines is 1. The molecule has 3 unspecified atom stereocenters. The lowest BCUT2D eigenvalue weighted by Crippen LogP contribution is -2.59. The Balaban J connectivity index is 1.35. The van der Waals surface area contributed by atoms with Gasteiger partial charge in [-0.3, -0.25) is 14.4 Å². The van der Waals surface area contributed by atoms with E-state index in [0.29, 0.717) is 25.1 Å². The summed E-state index contributed by atoms with van der Waals surface area (Å²) in [4.78, 5) is 50.5. The van der Waals surface area contributed by atoms with Crippen molar-refractivity contribution >= 4 is 34.2 Å². The molecule has 8 heteroatoms. The van der Waals surface area contributed by atoms with Gasteiger partial charge in [0.1, 0.15) is 11.6 Å². The van der Waals surface area contributed by atoms with Crippen LogP contribution in [0.4, 0.5) is 5.69 Å². The topological polar surface area (TPSA) is 90.4 Å². The SMILES string of the molecule is C=CCN(Cc1ccccc1)C(=O)[C@@H]1[C@H]2C(=O)N([C@@H](CO)Cc3ccccc3)C(C(=O)N(CC=C)c3ccc4ccccc4c3)C23CC(C)[C@@]1(C)O3. The first-order valence-corrected chi connectivity index (χ1v) is 18.2. The maximum absolute atomic E-state index is 15.4. The van der Waals surface area contributed by atoms with Crippen LogP contribution in [0.25, 0.3) is 10.8 Å². The zero-order chi connectivity index (χ0) is 36.6. The first-order chi connectivity index (χ1) is 25.2. The van der Waals surface area contributed by atoms with E-state index >= 15 is 9.59 Å². The number of ether oxygens (including phenoxy) is 1. The number of hydrogen-bond acceptors (Lipinski definition) is 5. The van der Waals surface area contributed by atoms with Crippen molar-refractivity contribution in [2.75, 3.05) is 24.6 Å². The number of rotatable bonds is 13. The second-order valence-corrected chi connectivity index (χ2v) is 14.7. The van der Waals surface area contributed by atoms with Crippen LogP contribution in [0.3, 0.4) is 0 Å². The third-order valence-corrected chi connectivity index (χ3v) is 11.7. The van der Waals surface area contributed by atoms with Crippen LogP contribution in [0.1, 0.15) is 31.4 Å². The Bertz CT molecular complexity index is 1980. The lowest BCUT2D eigenvalue weighted by Gasteiger charge is -2.39. The maximum Gasteiger partial charge on any atom is 0.253 e. The fourth-order valence-corrected chi connectivity index (χ4v) is 9.20. The smallest absolute Gasteiger partial charge is 0.253 e. The van der Waals surface area contributed by atoms with E-state index in [9.17, 15) is 9.90 Å². The summed E-state index contributed by atoms with van der Waals surface area (Å²) in [6.45, 7) is 12.3. The van der Waals surface area contributed by atoms with Gasteiger partial charge < -0.3 is 24.5 Å². The summed E-state index contributed by atoms with van der Waals surface area (Å²) in [5.74, 6) is -2.78. The van der Waals surface area contributed by atoms with Gasteiger partial charge in [0.05, 0.1) is 30.1 Å². The molecule has 4 aromatic rings. The van der Waals surface area contributed by atoms with Crippen LogP contribution in [-0.4, -0.2) is 75.6 Å². The molecule has 8 nitrogen and oxygen atoms in total. The summed E-state index contributed by atoms with van der Waals surface area (Å²) >= 11 is 0.